The van der Waals surface area contributed by atoms with Crippen LogP contribution in [0, 0.1) is 12.8 Å². The third-order valence-electron chi connectivity index (χ3n) is 4.77. The van der Waals surface area contributed by atoms with Crippen LogP contribution in [0.4, 0.5) is 11.4 Å². The summed E-state index contributed by atoms with van der Waals surface area (Å²) < 4.78 is 5.68. The Hall–Kier alpha value is -3.12. The van der Waals surface area contributed by atoms with Crippen molar-refractivity contribution >= 4 is 45.7 Å². The topological polar surface area (TPSA) is 80.3 Å². The summed E-state index contributed by atoms with van der Waals surface area (Å²) in [5, 5.41) is 7.06. The largest absolute Gasteiger partial charge is 0.481 e. The number of nitrogens with zero attached hydrogens (tertiary/aromatic N) is 1. The van der Waals surface area contributed by atoms with Gasteiger partial charge in [0.1, 0.15) is 11.3 Å². The molecule has 1 aromatic heterocycles. The minimum Gasteiger partial charge on any atom is -0.481 e. The second kappa shape index (κ2) is 8.09. The van der Waals surface area contributed by atoms with Gasteiger partial charge in [0, 0.05) is 28.9 Å². The van der Waals surface area contributed by atoms with Crippen molar-refractivity contribution in [2.24, 2.45) is 5.92 Å². The summed E-state index contributed by atoms with van der Waals surface area (Å²) in [7, 11) is 0. The average molecular weight is 410 g/mol. The van der Waals surface area contributed by atoms with Gasteiger partial charge in [-0.2, -0.15) is 0 Å². The smallest absolute Gasteiger partial charge is 0.262 e. The maximum Gasteiger partial charge on any atom is 0.262 e. The number of benzene rings is 2. The molecule has 0 radical (unpaired) electrons. The summed E-state index contributed by atoms with van der Waals surface area (Å²) >= 11 is 6.19. The first-order chi connectivity index (χ1) is 14.0. The third-order valence-corrected chi connectivity index (χ3v) is 5.10. The number of amides is 2. The van der Waals surface area contributed by atoms with E-state index in [-0.39, 0.29) is 24.3 Å². The molecule has 2 aromatic carbocycles. The van der Waals surface area contributed by atoms with Gasteiger partial charge in [-0.15, -0.1) is 0 Å². The van der Waals surface area contributed by atoms with E-state index in [1.807, 2.05) is 25.1 Å². The summed E-state index contributed by atoms with van der Waals surface area (Å²) in [4.78, 5) is 28.7. The van der Waals surface area contributed by atoms with Crippen LogP contribution in [-0.2, 0) is 9.59 Å². The number of hydrogen-bond donors (Lipinski definition) is 2. The van der Waals surface area contributed by atoms with Crippen molar-refractivity contribution in [2.45, 2.75) is 19.8 Å². The second-order valence-electron chi connectivity index (χ2n) is 7.08. The Bertz CT molecular complexity index is 1100. The highest BCUT2D eigenvalue weighted by Gasteiger charge is 2.29. The van der Waals surface area contributed by atoms with Crippen LogP contribution in [0.25, 0.3) is 10.9 Å². The van der Waals surface area contributed by atoms with Gasteiger partial charge < -0.3 is 15.4 Å². The van der Waals surface area contributed by atoms with E-state index in [2.05, 4.69) is 15.6 Å². The van der Waals surface area contributed by atoms with Crippen molar-refractivity contribution < 1.29 is 14.3 Å². The average Bonchev–Trinajstić information content (AvgIpc) is 3.56. The number of fused-ring (bicyclic) bond motifs is 1. The molecule has 0 saturated heterocycles. The molecule has 2 amide bonds. The molecular weight excluding hydrogens is 390 g/mol. The monoisotopic (exact) mass is 409 g/mol. The summed E-state index contributed by atoms with van der Waals surface area (Å²) in [6, 6.07) is 12.5. The Morgan fingerprint density at radius 1 is 1.17 bits per heavy atom. The predicted octanol–water partition coefficient (Wildman–Crippen LogP) is 4.56. The van der Waals surface area contributed by atoms with Crippen LogP contribution in [0.15, 0.2) is 48.7 Å². The molecule has 3 aromatic rings. The quantitative estimate of drug-likeness (QED) is 0.625. The van der Waals surface area contributed by atoms with E-state index in [0.29, 0.717) is 27.7 Å². The van der Waals surface area contributed by atoms with Gasteiger partial charge in [-0.05, 0) is 61.7 Å². The molecule has 148 valence electrons. The van der Waals surface area contributed by atoms with Gasteiger partial charge in [0.15, 0.2) is 6.61 Å². The van der Waals surface area contributed by atoms with Crippen molar-refractivity contribution in [3.63, 3.8) is 0 Å². The molecule has 0 aliphatic heterocycles. The molecule has 1 aliphatic carbocycles. The van der Waals surface area contributed by atoms with Crippen molar-refractivity contribution in [1.29, 1.82) is 0 Å². The highest BCUT2D eigenvalue weighted by molar-refractivity contribution is 6.35. The van der Waals surface area contributed by atoms with E-state index in [9.17, 15) is 9.59 Å². The maximum absolute atomic E-state index is 12.4. The normalized spacial score (nSPS) is 13.2. The van der Waals surface area contributed by atoms with E-state index < -0.39 is 0 Å². The zero-order chi connectivity index (χ0) is 20.4. The lowest BCUT2D eigenvalue weighted by Gasteiger charge is -2.13. The van der Waals surface area contributed by atoms with Gasteiger partial charge in [-0.25, -0.2) is 0 Å². The number of halogens is 1. The first-order valence-electron chi connectivity index (χ1n) is 9.38. The highest BCUT2D eigenvalue weighted by Crippen LogP contribution is 2.31. The second-order valence-corrected chi connectivity index (χ2v) is 7.48. The van der Waals surface area contributed by atoms with Crippen LogP contribution >= 0.6 is 11.6 Å². The van der Waals surface area contributed by atoms with Gasteiger partial charge in [0.2, 0.25) is 5.91 Å². The lowest BCUT2D eigenvalue weighted by Crippen LogP contribution is -2.21. The van der Waals surface area contributed by atoms with E-state index in [1.54, 1.807) is 30.5 Å². The standard InChI is InChI=1S/C22H20ClN3O3/c1-13-4-7-15(25-22(28)14-5-6-14)11-18(13)26-20(27)12-29-19-9-8-17(23)16-3-2-10-24-21(16)19/h2-4,7-11,14H,5-6,12H2,1H3,(H,25,28)(H,26,27). The van der Waals surface area contributed by atoms with Crippen LogP contribution in [0.5, 0.6) is 5.75 Å². The molecule has 1 fully saturated rings. The van der Waals surface area contributed by atoms with Gasteiger partial charge in [0.05, 0.1) is 5.02 Å². The fourth-order valence-electron chi connectivity index (χ4n) is 2.98. The summed E-state index contributed by atoms with van der Waals surface area (Å²) in [5.41, 5.74) is 2.79. The first kappa shape index (κ1) is 19.2. The molecule has 0 unspecified atom stereocenters. The molecule has 29 heavy (non-hydrogen) atoms. The lowest BCUT2D eigenvalue weighted by atomic mass is 10.1. The summed E-state index contributed by atoms with van der Waals surface area (Å²) in [5.74, 6) is 0.322. The van der Waals surface area contributed by atoms with Crippen LogP contribution in [0.1, 0.15) is 18.4 Å². The molecule has 4 rings (SSSR count). The van der Waals surface area contributed by atoms with E-state index in [1.165, 1.54) is 0 Å². The Balaban J connectivity index is 1.42. The van der Waals surface area contributed by atoms with Crippen molar-refractivity contribution in [3.8, 4) is 5.75 Å². The zero-order valence-corrected chi connectivity index (χ0v) is 16.6. The molecular formula is C22H20ClN3O3. The molecule has 1 heterocycles. The number of pyridine rings is 1. The Kier molecular flexibility index (Phi) is 5.36. The third kappa shape index (κ3) is 4.49. The first-order valence-corrected chi connectivity index (χ1v) is 9.76. The summed E-state index contributed by atoms with van der Waals surface area (Å²) in [6.07, 6.45) is 3.52. The SMILES string of the molecule is Cc1ccc(NC(=O)C2CC2)cc1NC(=O)COc1ccc(Cl)c2cccnc12. The fourth-order valence-corrected chi connectivity index (χ4v) is 3.20. The number of hydrogen-bond acceptors (Lipinski definition) is 4. The molecule has 7 heteroatoms. The highest BCUT2D eigenvalue weighted by atomic mass is 35.5. The predicted molar refractivity (Wildman–Crippen MR) is 113 cm³/mol. The number of aromatic nitrogens is 1. The number of anilines is 2. The van der Waals surface area contributed by atoms with Crippen molar-refractivity contribution in [3.05, 3.63) is 59.2 Å². The van der Waals surface area contributed by atoms with Gasteiger partial charge in [-0.3, -0.25) is 14.6 Å². The van der Waals surface area contributed by atoms with Crippen LogP contribution in [0.3, 0.4) is 0 Å². The van der Waals surface area contributed by atoms with Gasteiger partial charge in [0.25, 0.3) is 5.91 Å². The van der Waals surface area contributed by atoms with Crippen LogP contribution in [-0.4, -0.2) is 23.4 Å². The number of rotatable bonds is 6. The molecule has 2 N–H and O–H groups in total. The molecule has 0 atom stereocenters. The number of carbonyl (C=O) groups excluding carboxylic acids is 2. The van der Waals surface area contributed by atoms with E-state index in [4.69, 9.17) is 16.3 Å². The van der Waals surface area contributed by atoms with Crippen molar-refractivity contribution in [1.82, 2.24) is 4.98 Å². The van der Waals surface area contributed by atoms with Crippen LogP contribution in [0.2, 0.25) is 5.02 Å². The number of ether oxygens (including phenoxy) is 1. The maximum atomic E-state index is 12.4. The molecule has 6 nitrogen and oxygen atoms in total. The fraction of sp³-hybridized carbons (Fsp3) is 0.227. The minimum absolute atomic E-state index is 0.0246. The molecule has 1 aliphatic rings. The van der Waals surface area contributed by atoms with E-state index >= 15 is 0 Å². The Morgan fingerprint density at radius 3 is 2.79 bits per heavy atom. The summed E-state index contributed by atoms with van der Waals surface area (Å²) in [6.45, 7) is 1.71. The van der Waals surface area contributed by atoms with Crippen molar-refractivity contribution in [2.75, 3.05) is 17.2 Å². The van der Waals surface area contributed by atoms with E-state index in [0.717, 1.165) is 23.8 Å². The Labute approximate surface area is 173 Å². The zero-order valence-electron chi connectivity index (χ0n) is 15.9. The lowest BCUT2D eigenvalue weighted by molar-refractivity contribution is -0.118. The molecule has 0 spiro atoms. The number of aryl methyl sites for hydroxylation is 1. The van der Waals surface area contributed by atoms with Gasteiger partial charge in [-0.1, -0.05) is 17.7 Å². The molecule has 1 saturated carbocycles. The van der Waals surface area contributed by atoms with Crippen LogP contribution < -0.4 is 15.4 Å². The van der Waals surface area contributed by atoms with Gasteiger partial charge >= 0.3 is 0 Å². The Morgan fingerprint density at radius 2 is 2.00 bits per heavy atom. The number of carbonyl (C=O) groups is 2. The minimum atomic E-state index is -0.308. The number of nitrogens with one attached hydrogen (secondary N) is 2. The molecule has 0 bridgehead atoms.